The van der Waals surface area contributed by atoms with Crippen molar-refractivity contribution >= 4 is 39.2 Å². The van der Waals surface area contributed by atoms with Gasteiger partial charge in [-0.15, -0.1) is 11.3 Å². The number of carbonyl (C=O) groups excluding carboxylic acids is 1. The molecule has 1 amide bonds. The van der Waals surface area contributed by atoms with Gasteiger partial charge in [0.15, 0.2) is 5.16 Å². The van der Waals surface area contributed by atoms with E-state index >= 15 is 0 Å². The fourth-order valence-corrected chi connectivity index (χ4v) is 5.99. The van der Waals surface area contributed by atoms with Gasteiger partial charge in [0, 0.05) is 10.9 Å². The van der Waals surface area contributed by atoms with Crippen LogP contribution in [0.15, 0.2) is 32.8 Å². The van der Waals surface area contributed by atoms with Crippen molar-refractivity contribution in [3.8, 4) is 0 Å². The third-order valence-electron chi connectivity index (χ3n) is 5.51. The van der Waals surface area contributed by atoms with Crippen LogP contribution in [0.5, 0.6) is 0 Å². The summed E-state index contributed by atoms with van der Waals surface area (Å²) >= 11 is 2.99. The van der Waals surface area contributed by atoms with E-state index in [2.05, 4.69) is 5.32 Å². The first-order chi connectivity index (χ1) is 14.1. The minimum absolute atomic E-state index is 0.00173. The van der Waals surface area contributed by atoms with E-state index in [0.29, 0.717) is 23.5 Å². The second-order valence-corrected chi connectivity index (χ2v) is 10.2. The molecule has 0 saturated heterocycles. The molecule has 2 aliphatic carbocycles. The largest absolute Gasteiger partial charge is 0.467 e. The molecule has 0 aliphatic heterocycles. The molecular weight excluding hydrogens is 406 g/mol. The van der Waals surface area contributed by atoms with Crippen molar-refractivity contribution in [2.45, 2.75) is 68.4 Å². The molecule has 1 atom stereocenters. The highest BCUT2D eigenvalue weighted by atomic mass is 32.2. The molecule has 3 aromatic heterocycles. The van der Waals surface area contributed by atoms with Crippen LogP contribution in [-0.2, 0) is 24.2 Å². The number of carbonyl (C=O) groups is 1. The lowest BCUT2D eigenvalue weighted by molar-refractivity contribution is -0.120. The zero-order valence-electron chi connectivity index (χ0n) is 16.3. The summed E-state index contributed by atoms with van der Waals surface area (Å²) in [7, 11) is 0. The van der Waals surface area contributed by atoms with Crippen molar-refractivity contribution in [1.29, 1.82) is 0 Å². The number of nitrogens with zero attached hydrogens (tertiary/aromatic N) is 2. The Morgan fingerprint density at radius 2 is 2.24 bits per heavy atom. The van der Waals surface area contributed by atoms with Gasteiger partial charge in [0.1, 0.15) is 10.6 Å². The summed E-state index contributed by atoms with van der Waals surface area (Å²) in [6, 6.07) is 3.99. The van der Waals surface area contributed by atoms with Gasteiger partial charge in [-0.25, -0.2) is 4.98 Å². The molecule has 29 heavy (non-hydrogen) atoms. The third-order valence-corrected chi connectivity index (χ3v) is 7.78. The van der Waals surface area contributed by atoms with Crippen LogP contribution in [0.3, 0.4) is 0 Å². The Morgan fingerprint density at radius 1 is 1.41 bits per heavy atom. The highest BCUT2D eigenvalue weighted by Crippen LogP contribution is 2.35. The van der Waals surface area contributed by atoms with Gasteiger partial charge in [-0.2, -0.15) is 0 Å². The summed E-state index contributed by atoms with van der Waals surface area (Å²) in [6.07, 6.45) is 7.97. The van der Waals surface area contributed by atoms with Gasteiger partial charge < -0.3 is 9.73 Å². The number of furan rings is 1. The standard InChI is InChI=1S/C21H23N3O3S2/c1-12(18(25)22-13-8-9-13)28-21-23-19-17(15-6-2-3-7-16(15)29-19)20(26)24(21)11-14-5-4-10-27-14/h4-5,10,12-13H,2-3,6-9,11H2,1H3,(H,22,25). The highest BCUT2D eigenvalue weighted by Gasteiger charge is 2.28. The molecule has 3 heterocycles. The van der Waals surface area contributed by atoms with E-state index in [9.17, 15) is 9.59 Å². The lowest BCUT2D eigenvalue weighted by atomic mass is 9.97. The number of aryl methyl sites for hydroxylation is 2. The van der Waals surface area contributed by atoms with Gasteiger partial charge in [-0.1, -0.05) is 11.8 Å². The summed E-state index contributed by atoms with van der Waals surface area (Å²) in [5, 5.41) is 4.06. The van der Waals surface area contributed by atoms with Crippen molar-refractivity contribution in [3.05, 3.63) is 45.0 Å². The normalized spacial score (nSPS) is 17.3. The molecule has 3 aromatic rings. The average Bonchev–Trinajstić information content (AvgIpc) is 3.23. The second-order valence-electron chi connectivity index (χ2n) is 7.80. The maximum absolute atomic E-state index is 13.5. The van der Waals surface area contributed by atoms with Crippen LogP contribution in [0, 0.1) is 0 Å². The van der Waals surface area contributed by atoms with Crippen LogP contribution in [0.25, 0.3) is 10.2 Å². The number of aromatic nitrogens is 2. The molecular formula is C21H23N3O3S2. The Kier molecular flexibility index (Phi) is 4.99. The molecule has 0 spiro atoms. The molecule has 6 nitrogen and oxygen atoms in total. The summed E-state index contributed by atoms with van der Waals surface area (Å²) in [5.74, 6) is 0.705. The number of thioether (sulfide) groups is 1. The molecule has 8 heteroatoms. The maximum atomic E-state index is 13.5. The number of rotatable bonds is 6. The van der Waals surface area contributed by atoms with Crippen LogP contribution in [-0.4, -0.2) is 26.8 Å². The first kappa shape index (κ1) is 18.9. The van der Waals surface area contributed by atoms with E-state index in [1.54, 1.807) is 22.2 Å². The molecule has 5 rings (SSSR count). The smallest absolute Gasteiger partial charge is 0.263 e. The van der Waals surface area contributed by atoms with Crippen LogP contribution in [0.1, 0.15) is 48.8 Å². The van der Waals surface area contributed by atoms with Crippen molar-refractivity contribution in [3.63, 3.8) is 0 Å². The maximum Gasteiger partial charge on any atom is 0.263 e. The van der Waals surface area contributed by atoms with Gasteiger partial charge in [-0.3, -0.25) is 14.2 Å². The molecule has 1 saturated carbocycles. The molecule has 1 fully saturated rings. The third kappa shape index (κ3) is 3.75. The number of thiophene rings is 1. The number of hydrogen-bond donors (Lipinski definition) is 1. The highest BCUT2D eigenvalue weighted by molar-refractivity contribution is 8.00. The number of amides is 1. The minimum atomic E-state index is -0.322. The van der Waals surface area contributed by atoms with Crippen molar-refractivity contribution < 1.29 is 9.21 Å². The fourth-order valence-electron chi connectivity index (χ4n) is 3.77. The Labute approximate surface area is 176 Å². The Bertz CT molecular complexity index is 1110. The monoisotopic (exact) mass is 429 g/mol. The summed E-state index contributed by atoms with van der Waals surface area (Å²) in [4.78, 5) is 32.9. The first-order valence-corrected chi connectivity index (χ1v) is 11.8. The number of hydrogen-bond acceptors (Lipinski definition) is 6. The zero-order chi connectivity index (χ0) is 20.0. The quantitative estimate of drug-likeness (QED) is 0.477. The predicted octanol–water partition coefficient (Wildman–Crippen LogP) is 3.74. The van der Waals surface area contributed by atoms with Gasteiger partial charge in [0.25, 0.3) is 5.56 Å². The average molecular weight is 430 g/mol. The van der Waals surface area contributed by atoms with Crippen molar-refractivity contribution in [2.24, 2.45) is 0 Å². The van der Waals surface area contributed by atoms with Crippen LogP contribution in [0.2, 0.25) is 0 Å². The van der Waals surface area contributed by atoms with E-state index in [-0.39, 0.29) is 16.7 Å². The molecule has 1 N–H and O–H groups in total. The molecule has 2 aliphatic rings. The van der Waals surface area contributed by atoms with Gasteiger partial charge in [0.05, 0.1) is 23.4 Å². The van der Waals surface area contributed by atoms with Gasteiger partial charge in [0.2, 0.25) is 5.91 Å². The molecule has 0 aromatic carbocycles. The number of nitrogens with one attached hydrogen (secondary N) is 1. The second kappa shape index (κ2) is 7.65. The van der Waals surface area contributed by atoms with Crippen molar-refractivity contribution in [2.75, 3.05) is 0 Å². The lowest BCUT2D eigenvalue weighted by Crippen LogP contribution is -2.33. The molecule has 0 radical (unpaired) electrons. The minimum Gasteiger partial charge on any atom is -0.467 e. The molecule has 1 unspecified atom stereocenters. The van der Waals surface area contributed by atoms with E-state index in [1.165, 1.54) is 28.6 Å². The van der Waals surface area contributed by atoms with Gasteiger partial charge in [-0.05, 0) is 63.1 Å². The van der Waals surface area contributed by atoms with Crippen LogP contribution >= 0.6 is 23.1 Å². The Balaban J connectivity index is 1.56. The fraction of sp³-hybridized carbons (Fsp3) is 0.476. The summed E-state index contributed by atoms with van der Waals surface area (Å²) < 4.78 is 7.17. The Morgan fingerprint density at radius 3 is 3.00 bits per heavy atom. The lowest BCUT2D eigenvalue weighted by Gasteiger charge is -2.15. The SMILES string of the molecule is CC(Sc1nc2sc3c(c2c(=O)n1Cc1ccco1)CCCC3)C(=O)NC1CC1. The summed E-state index contributed by atoms with van der Waals surface area (Å²) in [5.41, 5.74) is 1.15. The number of fused-ring (bicyclic) bond motifs is 3. The van der Waals surface area contributed by atoms with Crippen LogP contribution < -0.4 is 10.9 Å². The van der Waals surface area contributed by atoms with Crippen LogP contribution in [0.4, 0.5) is 0 Å². The molecule has 152 valence electrons. The van der Waals surface area contributed by atoms with E-state index < -0.39 is 0 Å². The molecule has 0 bridgehead atoms. The van der Waals surface area contributed by atoms with Crippen molar-refractivity contribution in [1.82, 2.24) is 14.9 Å². The summed E-state index contributed by atoms with van der Waals surface area (Å²) in [6.45, 7) is 2.19. The first-order valence-electron chi connectivity index (χ1n) is 10.1. The Hall–Kier alpha value is -2.06. The van der Waals surface area contributed by atoms with E-state index in [1.807, 2.05) is 19.1 Å². The zero-order valence-corrected chi connectivity index (χ0v) is 17.9. The predicted molar refractivity (Wildman–Crippen MR) is 115 cm³/mol. The topological polar surface area (TPSA) is 77.1 Å². The van der Waals surface area contributed by atoms with E-state index in [4.69, 9.17) is 9.40 Å². The van der Waals surface area contributed by atoms with E-state index in [0.717, 1.165) is 42.3 Å². The van der Waals surface area contributed by atoms with Gasteiger partial charge >= 0.3 is 0 Å².